The lowest BCUT2D eigenvalue weighted by Crippen LogP contribution is -2.58. The maximum absolute atomic E-state index is 12.5. The van der Waals surface area contributed by atoms with E-state index in [4.69, 9.17) is 11.6 Å². The number of rotatable bonds is 1. The number of nitrogens with one attached hydrogen (secondary N) is 1. The molecule has 2 aliphatic rings. The van der Waals surface area contributed by atoms with Crippen molar-refractivity contribution >= 4 is 29.1 Å². The number of carbonyl (C=O) groups excluding carboxylic acids is 2. The largest absolute Gasteiger partial charge is 0.329 e. The summed E-state index contributed by atoms with van der Waals surface area (Å²) in [4.78, 5) is 28.8. The van der Waals surface area contributed by atoms with Gasteiger partial charge in [0.2, 0.25) is 0 Å². The highest BCUT2D eigenvalue weighted by Gasteiger charge is 2.38. The van der Waals surface area contributed by atoms with Crippen molar-refractivity contribution in [2.75, 3.05) is 25.0 Å². The molecule has 0 bridgehead atoms. The highest BCUT2D eigenvalue weighted by Crippen LogP contribution is 2.25. The molecular formula is C16H20ClN3O2. The molecule has 2 saturated heterocycles. The Balaban J connectivity index is 1.67. The molecule has 0 aromatic heterocycles. The zero-order valence-corrected chi connectivity index (χ0v) is 13.3. The minimum atomic E-state index is -0.619. The van der Waals surface area contributed by atoms with Gasteiger partial charge in [0.1, 0.15) is 0 Å². The predicted octanol–water partition coefficient (Wildman–Crippen LogP) is 1.97. The van der Waals surface area contributed by atoms with Crippen LogP contribution in [-0.2, 0) is 9.59 Å². The lowest BCUT2D eigenvalue weighted by atomic mass is 10.1. The van der Waals surface area contributed by atoms with Crippen LogP contribution in [0, 0.1) is 0 Å². The maximum Gasteiger partial charge on any atom is 0.313 e. The molecule has 1 aromatic rings. The minimum Gasteiger partial charge on any atom is -0.329 e. The molecule has 0 saturated carbocycles. The molecule has 6 heteroatoms. The number of nitrogens with zero attached hydrogens (tertiary/aromatic N) is 2. The van der Waals surface area contributed by atoms with E-state index in [-0.39, 0.29) is 6.04 Å². The standard InChI is InChI=1S/C16H20ClN3O2/c1-11-9-19-8-4-5-12(19)10-20(11)16(22)15(21)18-14-7-3-2-6-13(14)17/h2-3,6-7,11-12H,4-5,8-10H2,1H3,(H,18,21)/t11-,12+/m0/s1. The second-order valence-electron chi connectivity index (χ2n) is 6.03. The van der Waals surface area contributed by atoms with Crippen LogP contribution in [0.1, 0.15) is 19.8 Å². The number of fused-ring (bicyclic) bond motifs is 1. The molecule has 5 nitrogen and oxygen atoms in total. The second kappa shape index (κ2) is 6.26. The Bertz CT molecular complexity index is 593. The summed E-state index contributed by atoms with van der Waals surface area (Å²) in [6, 6.07) is 7.37. The van der Waals surface area contributed by atoms with Gasteiger partial charge in [-0.25, -0.2) is 0 Å². The van der Waals surface area contributed by atoms with Crippen LogP contribution in [0.25, 0.3) is 0 Å². The van der Waals surface area contributed by atoms with Crippen molar-refractivity contribution in [3.8, 4) is 0 Å². The normalized spacial score (nSPS) is 24.9. The quantitative estimate of drug-likeness (QED) is 0.805. The van der Waals surface area contributed by atoms with E-state index in [0.29, 0.717) is 23.3 Å². The number of benzene rings is 1. The van der Waals surface area contributed by atoms with Crippen molar-refractivity contribution in [2.45, 2.75) is 31.8 Å². The first-order chi connectivity index (χ1) is 10.6. The van der Waals surface area contributed by atoms with Crippen molar-refractivity contribution in [1.82, 2.24) is 9.80 Å². The Morgan fingerprint density at radius 2 is 2.05 bits per heavy atom. The van der Waals surface area contributed by atoms with Crippen LogP contribution in [-0.4, -0.2) is 53.3 Å². The summed E-state index contributed by atoms with van der Waals surface area (Å²) < 4.78 is 0. The van der Waals surface area contributed by atoms with Crippen LogP contribution in [0.15, 0.2) is 24.3 Å². The number of hydrogen-bond acceptors (Lipinski definition) is 3. The molecular weight excluding hydrogens is 302 g/mol. The fourth-order valence-electron chi connectivity index (χ4n) is 3.34. The SMILES string of the molecule is C[C@H]1CN2CCC[C@@H]2CN1C(=O)C(=O)Nc1ccccc1Cl. The molecule has 3 rings (SSSR count). The van der Waals surface area contributed by atoms with Crippen LogP contribution in [0.2, 0.25) is 5.02 Å². The van der Waals surface area contributed by atoms with Gasteiger partial charge in [0.05, 0.1) is 10.7 Å². The number of piperazine rings is 1. The molecule has 2 aliphatic heterocycles. The molecule has 1 N–H and O–H groups in total. The topological polar surface area (TPSA) is 52.7 Å². The van der Waals surface area contributed by atoms with Crippen molar-refractivity contribution in [3.63, 3.8) is 0 Å². The highest BCUT2D eigenvalue weighted by atomic mass is 35.5. The van der Waals surface area contributed by atoms with Gasteiger partial charge in [-0.15, -0.1) is 0 Å². The van der Waals surface area contributed by atoms with Crippen molar-refractivity contribution < 1.29 is 9.59 Å². The molecule has 22 heavy (non-hydrogen) atoms. The zero-order valence-electron chi connectivity index (χ0n) is 12.6. The summed E-state index contributed by atoms with van der Waals surface area (Å²) in [6.07, 6.45) is 2.27. The summed E-state index contributed by atoms with van der Waals surface area (Å²) >= 11 is 6.01. The first kappa shape index (κ1) is 15.3. The number of para-hydroxylation sites is 1. The minimum absolute atomic E-state index is 0.0545. The molecule has 2 fully saturated rings. The number of anilines is 1. The van der Waals surface area contributed by atoms with E-state index in [1.165, 1.54) is 6.42 Å². The second-order valence-corrected chi connectivity index (χ2v) is 6.44. The summed E-state index contributed by atoms with van der Waals surface area (Å²) in [5.74, 6) is -1.09. The number of amides is 2. The van der Waals surface area contributed by atoms with Gasteiger partial charge < -0.3 is 10.2 Å². The number of halogens is 1. The summed E-state index contributed by atoms with van der Waals surface area (Å²) in [5.41, 5.74) is 0.467. The molecule has 2 amide bonds. The van der Waals surface area contributed by atoms with E-state index in [0.717, 1.165) is 19.5 Å². The van der Waals surface area contributed by atoms with Gasteiger partial charge in [-0.2, -0.15) is 0 Å². The first-order valence-corrected chi connectivity index (χ1v) is 8.04. The molecule has 0 radical (unpaired) electrons. The van der Waals surface area contributed by atoms with E-state index < -0.39 is 11.8 Å². The van der Waals surface area contributed by atoms with Crippen LogP contribution < -0.4 is 5.32 Å². The van der Waals surface area contributed by atoms with Crippen molar-refractivity contribution in [3.05, 3.63) is 29.3 Å². The van der Waals surface area contributed by atoms with E-state index in [9.17, 15) is 9.59 Å². The van der Waals surface area contributed by atoms with Crippen LogP contribution in [0.4, 0.5) is 5.69 Å². The highest BCUT2D eigenvalue weighted by molar-refractivity contribution is 6.41. The lowest BCUT2D eigenvalue weighted by molar-refractivity contribution is -0.147. The average Bonchev–Trinajstić information content (AvgIpc) is 2.95. The van der Waals surface area contributed by atoms with Gasteiger partial charge in [-0.3, -0.25) is 14.5 Å². The van der Waals surface area contributed by atoms with Crippen molar-refractivity contribution in [2.24, 2.45) is 0 Å². The van der Waals surface area contributed by atoms with Crippen LogP contribution in [0.3, 0.4) is 0 Å². The van der Waals surface area contributed by atoms with Crippen molar-refractivity contribution in [1.29, 1.82) is 0 Å². The lowest BCUT2D eigenvalue weighted by Gasteiger charge is -2.41. The zero-order chi connectivity index (χ0) is 15.7. The van der Waals surface area contributed by atoms with Gasteiger partial charge in [-0.05, 0) is 38.4 Å². The fraction of sp³-hybridized carbons (Fsp3) is 0.500. The molecule has 118 valence electrons. The molecule has 0 aliphatic carbocycles. The van der Waals surface area contributed by atoms with Gasteiger partial charge in [0.25, 0.3) is 0 Å². The van der Waals surface area contributed by atoms with E-state index >= 15 is 0 Å². The van der Waals surface area contributed by atoms with Gasteiger partial charge >= 0.3 is 11.8 Å². The Labute approximate surface area is 135 Å². The third-order valence-corrected chi connectivity index (χ3v) is 4.84. The number of hydrogen-bond donors (Lipinski definition) is 1. The van der Waals surface area contributed by atoms with E-state index in [1.807, 2.05) is 6.92 Å². The Hall–Kier alpha value is -1.59. The summed E-state index contributed by atoms with van der Waals surface area (Å²) in [7, 11) is 0. The molecule has 2 atom stereocenters. The average molecular weight is 322 g/mol. The van der Waals surface area contributed by atoms with E-state index in [2.05, 4.69) is 10.2 Å². The predicted molar refractivity (Wildman–Crippen MR) is 85.9 cm³/mol. The first-order valence-electron chi connectivity index (χ1n) is 7.67. The van der Waals surface area contributed by atoms with Gasteiger partial charge in [-0.1, -0.05) is 23.7 Å². The smallest absolute Gasteiger partial charge is 0.313 e. The monoisotopic (exact) mass is 321 g/mol. The third-order valence-electron chi connectivity index (χ3n) is 4.51. The van der Waals surface area contributed by atoms with Crippen LogP contribution in [0.5, 0.6) is 0 Å². The molecule has 0 spiro atoms. The molecule has 1 aromatic carbocycles. The Morgan fingerprint density at radius 3 is 2.82 bits per heavy atom. The van der Waals surface area contributed by atoms with Gasteiger partial charge in [0.15, 0.2) is 0 Å². The van der Waals surface area contributed by atoms with Gasteiger partial charge in [0, 0.05) is 25.2 Å². The molecule has 2 heterocycles. The molecule has 0 unspecified atom stereocenters. The third kappa shape index (κ3) is 2.96. The van der Waals surface area contributed by atoms with E-state index in [1.54, 1.807) is 29.2 Å². The summed E-state index contributed by atoms with van der Waals surface area (Å²) in [5, 5.41) is 3.04. The number of carbonyl (C=O) groups is 2. The Kier molecular flexibility index (Phi) is 4.36. The maximum atomic E-state index is 12.5. The van der Waals surface area contributed by atoms with Crippen LogP contribution >= 0.6 is 11.6 Å². The Morgan fingerprint density at radius 1 is 1.27 bits per heavy atom. The fourth-order valence-corrected chi connectivity index (χ4v) is 3.52. The summed E-state index contributed by atoms with van der Waals surface area (Å²) in [6.45, 7) is 4.57.